The molecule has 1 fully saturated rings. The smallest absolute Gasteiger partial charge is 0.231 e. The van der Waals surface area contributed by atoms with Crippen LogP contribution in [0.3, 0.4) is 0 Å². The van der Waals surface area contributed by atoms with Gasteiger partial charge in [-0.05, 0) is 45.0 Å². The van der Waals surface area contributed by atoms with E-state index in [1.165, 1.54) is 31.5 Å². The van der Waals surface area contributed by atoms with Crippen molar-refractivity contribution in [2.24, 2.45) is 0 Å². The second-order valence-corrected chi connectivity index (χ2v) is 5.30. The normalized spacial score (nSPS) is 19.8. The molecule has 3 rings (SSSR count). The van der Waals surface area contributed by atoms with Crippen molar-refractivity contribution in [1.82, 2.24) is 10.2 Å². The molecule has 0 atom stereocenters. The van der Waals surface area contributed by atoms with Crippen molar-refractivity contribution in [3.8, 4) is 11.5 Å². The number of piperidine rings is 1. The largest absolute Gasteiger partial charge is 0.454 e. The van der Waals surface area contributed by atoms with Crippen LogP contribution in [0.5, 0.6) is 11.5 Å². The van der Waals surface area contributed by atoms with Crippen molar-refractivity contribution in [2.45, 2.75) is 18.8 Å². The van der Waals surface area contributed by atoms with Crippen molar-refractivity contribution in [1.29, 1.82) is 0 Å². The van der Waals surface area contributed by atoms with E-state index < -0.39 is 0 Å². The quantitative estimate of drug-likeness (QED) is 0.897. The highest BCUT2D eigenvalue weighted by atomic mass is 16.7. The molecule has 19 heavy (non-hydrogen) atoms. The maximum absolute atomic E-state index is 5.63. The fraction of sp³-hybridized carbons (Fsp3) is 0.600. The van der Waals surface area contributed by atoms with Crippen LogP contribution in [-0.2, 0) is 0 Å². The number of rotatable bonds is 4. The number of fused-ring (bicyclic) bond motifs is 1. The number of hydrogen-bond donors (Lipinski definition) is 1. The molecule has 104 valence electrons. The second kappa shape index (κ2) is 5.80. The lowest BCUT2D eigenvalue weighted by Crippen LogP contribution is -2.37. The molecule has 4 heteroatoms. The highest BCUT2D eigenvalue weighted by molar-refractivity contribution is 5.49. The summed E-state index contributed by atoms with van der Waals surface area (Å²) >= 11 is 0. The standard InChI is InChI=1S/C15H22N2O2/c1-16-7-10-17-8-5-12(6-9-17)13-3-2-4-14-15(13)19-11-18-14/h2-4,12,16H,5-11H2,1H3. The van der Waals surface area contributed by atoms with E-state index in [0.717, 1.165) is 24.6 Å². The van der Waals surface area contributed by atoms with Gasteiger partial charge >= 0.3 is 0 Å². The predicted octanol–water partition coefficient (Wildman–Crippen LogP) is 1.81. The molecule has 0 radical (unpaired) electrons. The van der Waals surface area contributed by atoms with Gasteiger partial charge in [0, 0.05) is 18.7 Å². The monoisotopic (exact) mass is 262 g/mol. The van der Waals surface area contributed by atoms with Crippen LogP contribution in [0, 0.1) is 0 Å². The first-order valence-electron chi connectivity index (χ1n) is 7.14. The number of nitrogens with zero attached hydrogens (tertiary/aromatic N) is 1. The molecule has 0 spiro atoms. The third-order valence-electron chi connectivity index (χ3n) is 4.13. The van der Waals surface area contributed by atoms with Crippen LogP contribution in [0.4, 0.5) is 0 Å². The molecule has 0 saturated carbocycles. The second-order valence-electron chi connectivity index (χ2n) is 5.30. The Morgan fingerprint density at radius 3 is 2.89 bits per heavy atom. The number of ether oxygens (including phenoxy) is 2. The Morgan fingerprint density at radius 2 is 2.11 bits per heavy atom. The van der Waals surface area contributed by atoms with Crippen LogP contribution in [0.1, 0.15) is 24.3 Å². The number of likely N-dealkylation sites (tertiary alicyclic amines) is 1. The summed E-state index contributed by atoms with van der Waals surface area (Å²) < 4.78 is 11.1. The number of hydrogen-bond acceptors (Lipinski definition) is 4. The fourth-order valence-electron chi connectivity index (χ4n) is 3.01. The zero-order chi connectivity index (χ0) is 13.1. The van der Waals surface area contributed by atoms with Crippen molar-refractivity contribution in [3.05, 3.63) is 23.8 Å². The average molecular weight is 262 g/mol. The average Bonchev–Trinajstić information content (AvgIpc) is 2.94. The molecule has 2 heterocycles. The van der Waals surface area contributed by atoms with Crippen LogP contribution in [0.2, 0.25) is 0 Å². The van der Waals surface area contributed by atoms with E-state index in [1.807, 2.05) is 13.1 Å². The highest BCUT2D eigenvalue weighted by Crippen LogP contribution is 2.42. The first kappa shape index (κ1) is 12.8. The Morgan fingerprint density at radius 1 is 1.26 bits per heavy atom. The maximum Gasteiger partial charge on any atom is 0.231 e. The number of likely N-dealkylation sites (N-methyl/N-ethyl adjacent to an activating group) is 1. The number of para-hydroxylation sites is 1. The summed E-state index contributed by atoms with van der Waals surface area (Å²) in [5.41, 5.74) is 1.34. The Kier molecular flexibility index (Phi) is 3.89. The van der Waals surface area contributed by atoms with Crippen molar-refractivity contribution in [2.75, 3.05) is 40.0 Å². The van der Waals surface area contributed by atoms with E-state index >= 15 is 0 Å². The predicted molar refractivity (Wildman–Crippen MR) is 74.9 cm³/mol. The molecule has 0 bridgehead atoms. The molecular formula is C15H22N2O2. The minimum atomic E-state index is 0.368. The van der Waals surface area contributed by atoms with Gasteiger partial charge in [0.1, 0.15) is 0 Å². The molecule has 0 unspecified atom stereocenters. The van der Waals surface area contributed by atoms with Gasteiger partial charge in [-0.3, -0.25) is 0 Å². The lowest BCUT2D eigenvalue weighted by atomic mass is 9.88. The summed E-state index contributed by atoms with van der Waals surface area (Å²) in [4.78, 5) is 2.54. The van der Waals surface area contributed by atoms with Crippen LogP contribution in [0.25, 0.3) is 0 Å². The number of nitrogens with one attached hydrogen (secondary N) is 1. The molecule has 1 aromatic carbocycles. The summed E-state index contributed by atoms with van der Waals surface area (Å²) in [7, 11) is 2.01. The first-order chi connectivity index (χ1) is 9.38. The van der Waals surface area contributed by atoms with Crippen LogP contribution in [-0.4, -0.2) is 44.9 Å². The summed E-state index contributed by atoms with van der Waals surface area (Å²) in [5, 5.41) is 3.21. The molecule has 0 aliphatic carbocycles. The third-order valence-corrected chi connectivity index (χ3v) is 4.13. The summed E-state index contributed by atoms with van der Waals surface area (Å²) in [6.45, 7) is 4.94. The topological polar surface area (TPSA) is 33.7 Å². The summed E-state index contributed by atoms with van der Waals surface area (Å²) in [6.07, 6.45) is 2.42. The highest BCUT2D eigenvalue weighted by Gasteiger charge is 2.26. The van der Waals surface area contributed by atoms with Crippen LogP contribution in [0.15, 0.2) is 18.2 Å². The Hall–Kier alpha value is -1.26. The third kappa shape index (κ3) is 2.69. The van der Waals surface area contributed by atoms with E-state index in [0.29, 0.717) is 12.7 Å². The van der Waals surface area contributed by atoms with E-state index in [1.54, 1.807) is 0 Å². The molecule has 1 N–H and O–H groups in total. The Balaban J connectivity index is 1.64. The van der Waals surface area contributed by atoms with Crippen molar-refractivity contribution < 1.29 is 9.47 Å². The van der Waals surface area contributed by atoms with E-state index in [9.17, 15) is 0 Å². The fourth-order valence-corrected chi connectivity index (χ4v) is 3.01. The molecule has 1 aromatic rings. The molecule has 1 saturated heterocycles. The van der Waals surface area contributed by atoms with Crippen molar-refractivity contribution in [3.63, 3.8) is 0 Å². The van der Waals surface area contributed by atoms with Gasteiger partial charge < -0.3 is 19.7 Å². The van der Waals surface area contributed by atoms with E-state index in [2.05, 4.69) is 22.3 Å². The van der Waals surface area contributed by atoms with Gasteiger partial charge in [0.25, 0.3) is 0 Å². The minimum absolute atomic E-state index is 0.368. The maximum atomic E-state index is 5.63. The molecule has 0 amide bonds. The SMILES string of the molecule is CNCCN1CCC(c2cccc3c2OCO3)CC1. The summed E-state index contributed by atoms with van der Waals surface area (Å²) in [5.74, 6) is 2.51. The first-order valence-corrected chi connectivity index (χ1v) is 7.14. The van der Waals surface area contributed by atoms with Gasteiger partial charge in [0.2, 0.25) is 6.79 Å². The van der Waals surface area contributed by atoms with E-state index in [-0.39, 0.29) is 0 Å². The van der Waals surface area contributed by atoms with Gasteiger partial charge in [0.15, 0.2) is 11.5 Å². The zero-order valence-corrected chi connectivity index (χ0v) is 11.5. The zero-order valence-electron chi connectivity index (χ0n) is 11.5. The van der Waals surface area contributed by atoms with Gasteiger partial charge in [0.05, 0.1) is 0 Å². The molecular weight excluding hydrogens is 240 g/mol. The minimum Gasteiger partial charge on any atom is -0.454 e. The van der Waals surface area contributed by atoms with Gasteiger partial charge in [-0.2, -0.15) is 0 Å². The molecule has 2 aliphatic heterocycles. The van der Waals surface area contributed by atoms with Crippen LogP contribution >= 0.6 is 0 Å². The van der Waals surface area contributed by atoms with Gasteiger partial charge in [-0.1, -0.05) is 12.1 Å². The van der Waals surface area contributed by atoms with Crippen molar-refractivity contribution >= 4 is 0 Å². The van der Waals surface area contributed by atoms with Gasteiger partial charge in [-0.15, -0.1) is 0 Å². The lowest BCUT2D eigenvalue weighted by molar-refractivity contribution is 0.171. The molecule has 0 aromatic heterocycles. The van der Waals surface area contributed by atoms with Gasteiger partial charge in [-0.25, -0.2) is 0 Å². The summed E-state index contributed by atoms with van der Waals surface area (Å²) in [6, 6.07) is 6.27. The number of benzene rings is 1. The lowest BCUT2D eigenvalue weighted by Gasteiger charge is -2.32. The Labute approximate surface area is 114 Å². The Bertz CT molecular complexity index is 428. The molecule has 4 nitrogen and oxygen atoms in total. The van der Waals surface area contributed by atoms with Crippen LogP contribution < -0.4 is 14.8 Å². The van der Waals surface area contributed by atoms with E-state index in [4.69, 9.17) is 9.47 Å². The molecule has 2 aliphatic rings.